The number of amides is 1. The Balaban J connectivity index is 1.60. The van der Waals surface area contributed by atoms with Gasteiger partial charge in [-0.15, -0.1) is 10.2 Å². The molecule has 0 radical (unpaired) electrons. The quantitative estimate of drug-likeness (QED) is 0.678. The number of aromatic nitrogens is 3. The maximum atomic E-state index is 11.9. The van der Waals surface area contributed by atoms with Gasteiger partial charge in [0.2, 0.25) is 5.91 Å². The van der Waals surface area contributed by atoms with Crippen molar-refractivity contribution in [3.63, 3.8) is 0 Å². The van der Waals surface area contributed by atoms with Crippen LogP contribution in [0.4, 0.5) is 5.82 Å². The predicted molar refractivity (Wildman–Crippen MR) is 94.6 cm³/mol. The third-order valence-corrected chi connectivity index (χ3v) is 4.19. The summed E-state index contributed by atoms with van der Waals surface area (Å²) in [7, 11) is 1.62. The van der Waals surface area contributed by atoms with E-state index < -0.39 is 0 Å². The largest absolute Gasteiger partial charge is 0.496 e. The highest BCUT2D eigenvalue weighted by Gasteiger charge is 2.10. The molecule has 1 aromatic carbocycles. The van der Waals surface area contributed by atoms with E-state index >= 15 is 0 Å². The van der Waals surface area contributed by atoms with E-state index in [1.54, 1.807) is 20.1 Å². The molecule has 2 aromatic heterocycles. The lowest BCUT2D eigenvalue weighted by Gasteiger charge is -2.07. The van der Waals surface area contributed by atoms with Crippen LogP contribution < -0.4 is 10.1 Å². The summed E-state index contributed by atoms with van der Waals surface area (Å²) < 4.78 is 10.2. The topological polar surface area (TPSA) is 90.1 Å². The fraction of sp³-hybridized carbons (Fsp3) is 0.176. The molecule has 3 aromatic rings. The number of rotatable bonds is 6. The molecule has 1 amide bonds. The summed E-state index contributed by atoms with van der Waals surface area (Å²) in [5.74, 6) is 1.80. The molecule has 0 aliphatic carbocycles. The van der Waals surface area contributed by atoms with E-state index in [1.165, 1.54) is 11.8 Å². The second kappa shape index (κ2) is 7.80. The number of nitrogens with zero attached hydrogens (tertiary/aromatic N) is 3. The Morgan fingerprint density at radius 1 is 1.24 bits per heavy atom. The smallest absolute Gasteiger partial charge is 0.236 e. The first-order valence-electron chi connectivity index (χ1n) is 7.49. The van der Waals surface area contributed by atoms with Gasteiger partial charge < -0.3 is 14.6 Å². The van der Waals surface area contributed by atoms with Gasteiger partial charge in [0.1, 0.15) is 16.5 Å². The van der Waals surface area contributed by atoms with E-state index in [2.05, 4.69) is 20.7 Å². The number of aryl methyl sites for hydroxylation is 1. The standard InChI is InChI=1S/C17H16N4O3S/c1-11-9-15(21-24-11)18-16(22)10-25-17-8-7-13(19-20-17)12-5-3-4-6-14(12)23-2/h3-9H,10H2,1-2H3,(H,18,21,22). The molecule has 0 atom stereocenters. The van der Waals surface area contributed by atoms with Crippen LogP contribution in [0.25, 0.3) is 11.3 Å². The van der Waals surface area contributed by atoms with Gasteiger partial charge in [0.25, 0.3) is 0 Å². The van der Waals surface area contributed by atoms with Crippen molar-refractivity contribution in [2.75, 3.05) is 18.2 Å². The number of ether oxygens (including phenoxy) is 1. The third kappa shape index (κ3) is 4.36. The van der Waals surface area contributed by atoms with Gasteiger partial charge in [-0.3, -0.25) is 4.79 Å². The van der Waals surface area contributed by atoms with Gasteiger partial charge in [-0.25, -0.2) is 0 Å². The number of para-hydroxylation sites is 1. The van der Waals surface area contributed by atoms with Crippen LogP contribution in [0.2, 0.25) is 0 Å². The molecule has 0 fully saturated rings. The molecule has 0 aliphatic heterocycles. The highest BCUT2D eigenvalue weighted by atomic mass is 32.2. The number of hydrogen-bond donors (Lipinski definition) is 1. The first kappa shape index (κ1) is 17.0. The van der Waals surface area contributed by atoms with Gasteiger partial charge in [0.15, 0.2) is 5.82 Å². The van der Waals surface area contributed by atoms with Crippen LogP contribution in [-0.2, 0) is 4.79 Å². The van der Waals surface area contributed by atoms with Crippen LogP contribution in [-0.4, -0.2) is 34.1 Å². The van der Waals surface area contributed by atoms with E-state index in [1.807, 2.05) is 36.4 Å². The van der Waals surface area contributed by atoms with E-state index in [9.17, 15) is 4.79 Å². The van der Waals surface area contributed by atoms with E-state index in [0.29, 0.717) is 22.3 Å². The van der Waals surface area contributed by atoms with Gasteiger partial charge in [0, 0.05) is 11.6 Å². The first-order valence-corrected chi connectivity index (χ1v) is 8.47. The van der Waals surface area contributed by atoms with Gasteiger partial charge in [-0.2, -0.15) is 0 Å². The number of thioether (sulfide) groups is 1. The minimum Gasteiger partial charge on any atom is -0.496 e. The van der Waals surface area contributed by atoms with Crippen LogP contribution in [0.15, 0.2) is 52.0 Å². The average molecular weight is 356 g/mol. The van der Waals surface area contributed by atoms with Crippen LogP contribution in [0.1, 0.15) is 5.76 Å². The zero-order valence-electron chi connectivity index (χ0n) is 13.7. The van der Waals surface area contributed by atoms with E-state index in [0.717, 1.165) is 11.3 Å². The molecular formula is C17H16N4O3S. The number of methoxy groups -OCH3 is 1. The van der Waals surface area contributed by atoms with Crippen LogP contribution >= 0.6 is 11.8 Å². The lowest BCUT2D eigenvalue weighted by atomic mass is 10.1. The van der Waals surface area contributed by atoms with Crippen molar-refractivity contribution < 1.29 is 14.1 Å². The lowest BCUT2D eigenvalue weighted by molar-refractivity contribution is -0.113. The number of benzene rings is 1. The van der Waals surface area contributed by atoms with Crippen molar-refractivity contribution in [2.45, 2.75) is 11.9 Å². The minimum atomic E-state index is -0.186. The minimum absolute atomic E-state index is 0.186. The summed E-state index contributed by atoms with van der Waals surface area (Å²) in [4.78, 5) is 11.9. The van der Waals surface area contributed by atoms with Crippen LogP contribution in [0.5, 0.6) is 5.75 Å². The molecule has 7 nitrogen and oxygen atoms in total. The molecule has 25 heavy (non-hydrogen) atoms. The normalized spacial score (nSPS) is 10.5. The maximum Gasteiger partial charge on any atom is 0.236 e. The average Bonchev–Trinajstić information content (AvgIpc) is 3.05. The number of nitrogens with one attached hydrogen (secondary N) is 1. The summed E-state index contributed by atoms with van der Waals surface area (Å²) in [6, 6.07) is 12.9. The number of carbonyl (C=O) groups excluding carboxylic acids is 1. The molecule has 1 N–H and O–H groups in total. The van der Waals surface area contributed by atoms with E-state index in [-0.39, 0.29) is 11.7 Å². The second-order valence-electron chi connectivity index (χ2n) is 5.12. The fourth-order valence-electron chi connectivity index (χ4n) is 2.14. The zero-order valence-corrected chi connectivity index (χ0v) is 14.5. The summed E-state index contributed by atoms with van der Waals surface area (Å²) in [5.41, 5.74) is 1.58. The zero-order chi connectivity index (χ0) is 17.6. The Morgan fingerprint density at radius 2 is 2.08 bits per heavy atom. The first-order chi connectivity index (χ1) is 12.2. The summed E-state index contributed by atoms with van der Waals surface area (Å²) in [5, 5.41) is 15.4. The Hall–Kier alpha value is -2.87. The van der Waals surface area contributed by atoms with Crippen molar-refractivity contribution in [1.82, 2.24) is 15.4 Å². The van der Waals surface area contributed by atoms with Crippen molar-refractivity contribution in [1.29, 1.82) is 0 Å². The number of hydrogen-bond acceptors (Lipinski definition) is 7. The molecule has 0 saturated heterocycles. The summed E-state index contributed by atoms with van der Waals surface area (Å²) >= 11 is 1.29. The number of anilines is 1. The highest BCUT2D eigenvalue weighted by Crippen LogP contribution is 2.28. The van der Waals surface area contributed by atoms with Crippen LogP contribution in [0, 0.1) is 6.92 Å². The molecule has 0 bridgehead atoms. The summed E-state index contributed by atoms with van der Waals surface area (Å²) in [6.07, 6.45) is 0. The van der Waals surface area contributed by atoms with Gasteiger partial charge in [-0.1, -0.05) is 29.1 Å². The van der Waals surface area contributed by atoms with Gasteiger partial charge >= 0.3 is 0 Å². The maximum absolute atomic E-state index is 11.9. The molecule has 0 aliphatic rings. The Labute approximate surface area is 148 Å². The van der Waals surface area contributed by atoms with Crippen LogP contribution in [0.3, 0.4) is 0 Å². The lowest BCUT2D eigenvalue weighted by Crippen LogP contribution is -2.14. The fourth-order valence-corrected chi connectivity index (χ4v) is 2.75. The monoisotopic (exact) mass is 356 g/mol. The van der Waals surface area contributed by atoms with E-state index in [4.69, 9.17) is 9.26 Å². The molecule has 128 valence electrons. The van der Waals surface area contributed by atoms with Gasteiger partial charge in [-0.05, 0) is 31.2 Å². The summed E-state index contributed by atoms with van der Waals surface area (Å²) in [6.45, 7) is 1.76. The molecule has 3 rings (SSSR count). The Bertz CT molecular complexity index is 864. The Kier molecular flexibility index (Phi) is 5.30. The molecule has 8 heteroatoms. The van der Waals surface area contributed by atoms with Gasteiger partial charge in [0.05, 0.1) is 18.6 Å². The molecule has 0 spiro atoms. The Morgan fingerprint density at radius 3 is 2.76 bits per heavy atom. The van der Waals surface area contributed by atoms with Crippen molar-refractivity contribution >= 4 is 23.5 Å². The predicted octanol–water partition coefficient (Wildman–Crippen LogP) is 3.18. The van der Waals surface area contributed by atoms with Crippen molar-refractivity contribution in [2.24, 2.45) is 0 Å². The van der Waals surface area contributed by atoms with Crippen molar-refractivity contribution in [3.8, 4) is 17.0 Å². The molecular weight excluding hydrogens is 340 g/mol. The highest BCUT2D eigenvalue weighted by molar-refractivity contribution is 7.99. The second-order valence-corrected chi connectivity index (χ2v) is 6.11. The molecule has 0 unspecified atom stereocenters. The molecule has 0 saturated carbocycles. The third-order valence-electron chi connectivity index (χ3n) is 3.27. The molecule has 2 heterocycles. The van der Waals surface area contributed by atoms with Crippen molar-refractivity contribution in [3.05, 3.63) is 48.2 Å². The SMILES string of the molecule is COc1ccccc1-c1ccc(SCC(=O)Nc2cc(C)on2)nn1. The number of carbonyl (C=O) groups is 1.